The molecule has 6 aromatic carbocycles. The van der Waals surface area contributed by atoms with Crippen molar-refractivity contribution in [3.63, 3.8) is 0 Å². The molecule has 0 aliphatic heterocycles. The van der Waals surface area contributed by atoms with Gasteiger partial charge < -0.3 is 4.57 Å². The van der Waals surface area contributed by atoms with E-state index in [4.69, 9.17) is 16.8 Å². The number of nitrogens with zero attached hydrogens (tertiary/aromatic N) is 4. The van der Waals surface area contributed by atoms with Crippen LogP contribution in [-0.4, -0.2) is 19.5 Å². The largest absolute Gasteiger partial charge is 0.309 e. The average Bonchev–Trinajstić information content (AvgIpc) is 3.68. The Morgan fingerprint density at radius 1 is 0.477 bits per heavy atom. The van der Waals surface area contributed by atoms with Gasteiger partial charge in [0.25, 0.3) is 0 Å². The molecule has 0 bridgehead atoms. The summed E-state index contributed by atoms with van der Waals surface area (Å²) in [4.78, 5) is 14.2. The maximum absolute atomic E-state index is 8.59. The van der Waals surface area contributed by atoms with Gasteiger partial charge in [-0.05, 0) is 42.5 Å². The summed E-state index contributed by atoms with van der Waals surface area (Å²) in [7, 11) is 0. The van der Waals surface area contributed by atoms with Crippen molar-refractivity contribution < 1.29 is 6.85 Å². The van der Waals surface area contributed by atoms with Gasteiger partial charge in [-0.2, -0.15) is 0 Å². The minimum absolute atomic E-state index is 0.0203. The molecule has 3 heterocycles. The van der Waals surface area contributed by atoms with E-state index in [0.29, 0.717) is 11.6 Å². The number of thiophene rings is 1. The highest BCUT2D eigenvalue weighted by molar-refractivity contribution is 7.25. The van der Waals surface area contributed by atoms with E-state index in [1.807, 2.05) is 36.4 Å². The Morgan fingerprint density at radius 2 is 1.11 bits per heavy atom. The van der Waals surface area contributed by atoms with Crippen molar-refractivity contribution >= 4 is 53.3 Å². The number of benzene rings is 6. The van der Waals surface area contributed by atoms with E-state index in [9.17, 15) is 0 Å². The van der Waals surface area contributed by atoms with Crippen LogP contribution in [0.4, 0.5) is 0 Å². The number of para-hydroxylation sites is 2. The second-order valence-electron chi connectivity index (χ2n) is 10.5. The third kappa shape index (κ3) is 4.02. The molecule has 3 aromatic heterocycles. The van der Waals surface area contributed by atoms with Crippen molar-refractivity contribution in [3.05, 3.63) is 145 Å². The third-order valence-corrected chi connectivity index (χ3v) is 9.08. The second-order valence-corrected chi connectivity index (χ2v) is 11.6. The van der Waals surface area contributed by atoms with Gasteiger partial charge in [-0.15, -0.1) is 11.3 Å². The van der Waals surface area contributed by atoms with Gasteiger partial charge in [-0.25, -0.2) is 15.0 Å². The Morgan fingerprint density at radius 3 is 1.84 bits per heavy atom. The summed E-state index contributed by atoms with van der Waals surface area (Å²) in [6, 6.07) is 36.9. The van der Waals surface area contributed by atoms with Gasteiger partial charge in [0.05, 0.1) is 17.9 Å². The number of fused-ring (bicyclic) bond motifs is 6. The van der Waals surface area contributed by atoms with Crippen LogP contribution in [0.2, 0.25) is 0 Å². The van der Waals surface area contributed by atoms with Crippen molar-refractivity contribution in [2.24, 2.45) is 0 Å². The summed E-state index contributed by atoms with van der Waals surface area (Å²) in [6.45, 7) is 0. The first-order valence-corrected chi connectivity index (χ1v) is 15.0. The summed E-state index contributed by atoms with van der Waals surface area (Å²) < 4.78 is 46.3. The Labute approximate surface area is 264 Å². The van der Waals surface area contributed by atoms with Crippen molar-refractivity contribution in [2.75, 3.05) is 0 Å². The summed E-state index contributed by atoms with van der Waals surface area (Å²) in [5.41, 5.74) is 4.79. The first-order chi connectivity index (χ1) is 23.9. The molecule has 0 aliphatic carbocycles. The van der Waals surface area contributed by atoms with Gasteiger partial charge in [0, 0.05) is 53.3 Å². The first kappa shape index (κ1) is 20.3. The van der Waals surface area contributed by atoms with Crippen molar-refractivity contribution in [2.45, 2.75) is 0 Å². The fraction of sp³-hybridized carbons (Fsp3) is 0. The molecule has 9 aromatic rings. The fourth-order valence-electron chi connectivity index (χ4n) is 5.94. The molecule has 0 aliphatic rings. The molecule has 0 spiro atoms. The zero-order valence-corrected chi connectivity index (χ0v) is 24.0. The van der Waals surface area contributed by atoms with Crippen LogP contribution in [0.25, 0.3) is 81.8 Å². The zero-order chi connectivity index (χ0) is 33.4. The van der Waals surface area contributed by atoms with Crippen LogP contribution < -0.4 is 0 Å². The Kier molecular flexibility index (Phi) is 4.60. The molecule has 44 heavy (non-hydrogen) atoms. The SMILES string of the molecule is [2H]c1c([2H])c([2H])c(-c2nc(-c3ccccc3)nc(-c3ccc4sc5cc(-n6c7ccccc7c7ccccc76)ccc5c4c3)n2)c([2H])c1[2H]. The van der Waals surface area contributed by atoms with E-state index in [0.717, 1.165) is 48.0 Å². The normalized spacial score (nSPS) is 13.2. The zero-order valence-electron chi connectivity index (χ0n) is 28.2. The minimum atomic E-state index is -0.465. The molecule has 0 radical (unpaired) electrons. The maximum atomic E-state index is 8.59. The first-order valence-electron chi connectivity index (χ1n) is 16.7. The standard InChI is InChI=1S/C39H24N4S/c1-3-11-25(12-4-1)37-40-38(26-13-5-2-6-14-26)42-39(41-37)27-19-22-35-32(23-27)31-21-20-28(24-36(31)44-35)43-33-17-9-7-15-29(33)30-16-8-10-18-34(30)43/h1-24H/i1D,3D,4D,11D,12D. The Bertz CT molecular complexity index is 2710. The quantitative estimate of drug-likeness (QED) is 0.206. The van der Waals surface area contributed by atoms with E-state index in [1.165, 1.54) is 10.8 Å². The topological polar surface area (TPSA) is 43.6 Å². The second kappa shape index (κ2) is 9.97. The molecule has 0 atom stereocenters. The predicted octanol–water partition coefficient (Wildman–Crippen LogP) is 10.3. The lowest BCUT2D eigenvalue weighted by Gasteiger charge is -2.09. The monoisotopic (exact) mass is 585 g/mol. The number of hydrogen-bond donors (Lipinski definition) is 0. The van der Waals surface area contributed by atoms with E-state index in [2.05, 4.69) is 88.4 Å². The molecular formula is C39H24N4S. The molecule has 0 saturated carbocycles. The molecule has 0 amide bonds. The highest BCUT2D eigenvalue weighted by Gasteiger charge is 2.16. The molecule has 9 rings (SSSR count). The van der Waals surface area contributed by atoms with Crippen molar-refractivity contribution in [1.82, 2.24) is 19.5 Å². The molecule has 5 heteroatoms. The summed E-state index contributed by atoms with van der Waals surface area (Å²) in [5.74, 6) is 0.712. The van der Waals surface area contributed by atoms with E-state index >= 15 is 0 Å². The van der Waals surface area contributed by atoms with E-state index < -0.39 is 18.1 Å². The molecule has 0 unspecified atom stereocenters. The maximum Gasteiger partial charge on any atom is 0.164 e. The highest BCUT2D eigenvalue weighted by atomic mass is 32.1. The van der Waals surface area contributed by atoms with Gasteiger partial charge in [0.15, 0.2) is 17.5 Å². The lowest BCUT2D eigenvalue weighted by Crippen LogP contribution is -2.00. The molecule has 0 N–H and O–H groups in total. The smallest absolute Gasteiger partial charge is 0.164 e. The van der Waals surface area contributed by atoms with Crippen LogP contribution in [0.1, 0.15) is 6.85 Å². The molecular weight excluding hydrogens is 557 g/mol. The van der Waals surface area contributed by atoms with Crippen molar-refractivity contribution in [3.8, 4) is 39.9 Å². The van der Waals surface area contributed by atoms with Crippen LogP contribution >= 0.6 is 11.3 Å². The van der Waals surface area contributed by atoms with Crippen LogP contribution in [-0.2, 0) is 0 Å². The summed E-state index contributed by atoms with van der Waals surface area (Å²) >= 11 is 1.72. The highest BCUT2D eigenvalue weighted by Crippen LogP contribution is 2.39. The predicted molar refractivity (Wildman–Crippen MR) is 183 cm³/mol. The van der Waals surface area contributed by atoms with Gasteiger partial charge in [-0.1, -0.05) is 103 Å². The van der Waals surface area contributed by atoms with Crippen LogP contribution in [0.3, 0.4) is 0 Å². The molecule has 4 nitrogen and oxygen atoms in total. The minimum Gasteiger partial charge on any atom is -0.309 e. The number of hydrogen-bond acceptors (Lipinski definition) is 4. The molecule has 0 fully saturated rings. The van der Waals surface area contributed by atoms with Crippen LogP contribution in [0.5, 0.6) is 0 Å². The van der Waals surface area contributed by atoms with Gasteiger partial charge in [0.1, 0.15) is 0 Å². The molecule has 206 valence electrons. The number of rotatable bonds is 4. The number of aromatic nitrogens is 4. The average molecular weight is 586 g/mol. The van der Waals surface area contributed by atoms with Crippen LogP contribution in [0.15, 0.2) is 145 Å². The third-order valence-electron chi connectivity index (χ3n) is 7.94. The fourth-order valence-corrected chi connectivity index (χ4v) is 7.06. The lowest BCUT2D eigenvalue weighted by atomic mass is 10.1. The van der Waals surface area contributed by atoms with Crippen LogP contribution in [0, 0.1) is 0 Å². The summed E-state index contributed by atoms with van der Waals surface area (Å²) in [5, 5.41) is 4.59. The van der Waals surface area contributed by atoms with E-state index in [1.54, 1.807) is 11.3 Å². The Hall–Kier alpha value is -5.65. The van der Waals surface area contributed by atoms with E-state index in [-0.39, 0.29) is 23.5 Å². The Balaban J connectivity index is 1.22. The van der Waals surface area contributed by atoms with Crippen molar-refractivity contribution in [1.29, 1.82) is 0 Å². The lowest BCUT2D eigenvalue weighted by molar-refractivity contribution is 1.07. The molecule has 0 saturated heterocycles. The van der Waals surface area contributed by atoms with Gasteiger partial charge >= 0.3 is 0 Å². The van der Waals surface area contributed by atoms with Gasteiger partial charge in [-0.3, -0.25) is 0 Å². The summed E-state index contributed by atoms with van der Waals surface area (Å²) in [6.07, 6.45) is 0. The van der Waals surface area contributed by atoms with Gasteiger partial charge in [0.2, 0.25) is 0 Å².